The van der Waals surface area contributed by atoms with Crippen molar-refractivity contribution in [1.82, 2.24) is 0 Å². The Hall–Kier alpha value is -1.35. The predicted octanol–water partition coefficient (Wildman–Crippen LogP) is 3.54. The molecule has 1 aliphatic rings. The minimum absolute atomic E-state index is 0.190. The number of nitrogens with two attached hydrogens (primary N) is 1. The summed E-state index contributed by atoms with van der Waals surface area (Å²) in [6, 6.07) is 6.94. The van der Waals surface area contributed by atoms with Gasteiger partial charge in [-0.05, 0) is 48.8 Å². The lowest BCUT2D eigenvalue weighted by atomic mass is 9.96. The summed E-state index contributed by atoms with van der Waals surface area (Å²) in [5, 5.41) is 0. The molecule has 1 aromatic carbocycles. The van der Waals surface area contributed by atoms with Gasteiger partial charge in [-0.3, -0.25) is 4.79 Å². The molecule has 2 N–H and O–H groups in total. The van der Waals surface area contributed by atoms with Crippen LogP contribution in [0.25, 0.3) is 0 Å². The summed E-state index contributed by atoms with van der Waals surface area (Å²) in [6.45, 7) is 10.6. The van der Waals surface area contributed by atoms with Gasteiger partial charge >= 0.3 is 0 Å². The van der Waals surface area contributed by atoms with Crippen molar-refractivity contribution in [2.45, 2.75) is 66.0 Å². The van der Waals surface area contributed by atoms with E-state index in [1.165, 1.54) is 11.1 Å². The first-order valence-electron chi connectivity index (χ1n) is 8.49. The minimum atomic E-state index is 0.190. The molecule has 1 aliphatic heterocycles. The molecule has 0 bridgehead atoms. The molecule has 0 aliphatic carbocycles. The number of fused-ring (bicyclic) bond motifs is 1. The number of hydrogen-bond acceptors (Lipinski definition) is 2. The molecular formula is C19H30N2O. The van der Waals surface area contributed by atoms with Gasteiger partial charge < -0.3 is 10.6 Å². The Labute approximate surface area is 134 Å². The van der Waals surface area contributed by atoms with Crippen LogP contribution < -0.4 is 10.6 Å². The molecule has 0 spiro atoms. The lowest BCUT2D eigenvalue weighted by Gasteiger charge is -2.24. The van der Waals surface area contributed by atoms with E-state index in [1.54, 1.807) is 0 Å². The number of carbonyl (C=O) groups is 1. The van der Waals surface area contributed by atoms with Crippen LogP contribution in [0.1, 0.15) is 52.2 Å². The molecule has 22 heavy (non-hydrogen) atoms. The topological polar surface area (TPSA) is 46.3 Å². The maximum atomic E-state index is 12.5. The van der Waals surface area contributed by atoms with Gasteiger partial charge in [-0.2, -0.15) is 0 Å². The van der Waals surface area contributed by atoms with Gasteiger partial charge in [0.15, 0.2) is 0 Å². The van der Waals surface area contributed by atoms with Gasteiger partial charge in [0.25, 0.3) is 0 Å². The van der Waals surface area contributed by atoms with Gasteiger partial charge in [-0.1, -0.05) is 39.8 Å². The molecule has 1 amide bonds. The molecule has 3 nitrogen and oxygen atoms in total. The summed E-state index contributed by atoms with van der Waals surface area (Å²) >= 11 is 0. The Balaban J connectivity index is 2.19. The molecule has 2 unspecified atom stereocenters. The predicted molar refractivity (Wildman–Crippen MR) is 93.1 cm³/mol. The average Bonchev–Trinajstić information content (AvgIpc) is 2.72. The van der Waals surface area contributed by atoms with E-state index in [0.29, 0.717) is 18.3 Å². The molecule has 2 atom stereocenters. The van der Waals surface area contributed by atoms with E-state index in [1.807, 2.05) is 4.90 Å². The highest BCUT2D eigenvalue weighted by molar-refractivity contribution is 5.96. The van der Waals surface area contributed by atoms with Crippen molar-refractivity contribution in [2.75, 3.05) is 4.90 Å². The fourth-order valence-electron chi connectivity index (χ4n) is 3.15. The van der Waals surface area contributed by atoms with Gasteiger partial charge in [-0.15, -0.1) is 0 Å². The van der Waals surface area contributed by atoms with Crippen molar-refractivity contribution >= 4 is 11.6 Å². The van der Waals surface area contributed by atoms with E-state index in [-0.39, 0.29) is 18.0 Å². The molecule has 3 heteroatoms. The van der Waals surface area contributed by atoms with Crippen LogP contribution in [0.4, 0.5) is 5.69 Å². The Morgan fingerprint density at radius 3 is 2.59 bits per heavy atom. The van der Waals surface area contributed by atoms with Crippen LogP contribution in [-0.2, 0) is 17.6 Å². The van der Waals surface area contributed by atoms with Crippen molar-refractivity contribution in [1.29, 1.82) is 0 Å². The van der Waals surface area contributed by atoms with Crippen molar-refractivity contribution in [3.8, 4) is 0 Å². The SMILES string of the molecule is CC(C)CC(=O)N1c2ccc(CC(N)C(C)C)cc2CC1C. The second-order valence-electron chi connectivity index (χ2n) is 7.49. The van der Waals surface area contributed by atoms with Gasteiger partial charge in [0.2, 0.25) is 5.91 Å². The first-order chi connectivity index (χ1) is 10.3. The zero-order chi connectivity index (χ0) is 16.4. The number of benzene rings is 1. The van der Waals surface area contributed by atoms with Crippen LogP contribution in [0.15, 0.2) is 18.2 Å². The van der Waals surface area contributed by atoms with Crippen LogP contribution in [-0.4, -0.2) is 18.0 Å². The van der Waals surface area contributed by atoms with E-state index in [2.05, 4.69) is 52.8 Å². The average molecular weight is 302 g/mol. The minimum Gasteiger partial charge on any atom is -0.327 e. The zero-order valence-corrected chi connectivity index (χ0v) is 14.6. The van der Waals surface area contributed by atoms with E-state index < -0.39 is 0 Å². The highest BCUT2D eigenvalue weighted by Crippen LogP contribution is 2.34. The number of anilines is 1. The molecule has 122 valence electrons. The summed E-state index contributed by atoms with van der Waals surface area (Å²) in [6.07, 6.45) is 2.47. The van der Waals surface area contributed by atoms with Crippen molar-refractivity contribution < 1.29 is 4.79 Å². The van der Waals surface area contributed by atoms with Crippen molar-refractivity contribution in [3.63, 3.8) is 0 Å². The smallest absolute Gasteiger partial charge is 0.227 e. The second kappa shape index (κ2) is 6.82. The molecule has 0 saturated carbocycles. The maximum Gasteiger partial charge on any atom is 0.227 e. The Morgan fingerprint density at radius 2 is 2.00 bits per heavy atom. The summed E-state index contributed by atoms with van der Waals surface area (Å²) < 4.78 is 0. The van der Waals surface area contributed by atoms with Gasteiger partial charge in [0.1, 0.15) is 0 Å². The molecule has 0 fully saturated rings. The monoisotopic (exact) mass is 302 g/mol. The lowest BCUT2D eigenvalue weighted by Crippen LogP contribution is -2.36. The molecule has 0 radical (unpaired) electrons. The summed E-state index contributed by atoms with van der Waals surface area (Å²) in [5.41, 5.74) is 9.86. The quantitative estimate of drug-likeness (QED) is 0.904. The van der Waals surface area contributed by atoms with Crippen molar-refractivity contribution in [2.24, 2.45) is 17.6 Å². The van der Waals surface area contributed by atoms with E-state index in [0.717, 1.165) is 18.5 Å². The number of hydrogen-bond donors (Lipinski definition) is 1. The molecular weight excluding hydrogens is 272 g/mol. The molecule has 1 aromatic rings. The molecule has 1 heterocycles. The standard InChI is InChI=1S/C19H30N2O/c1-12(2)8-19(22)21-14(5)9-16-10-15(6-7-18(16)21)11-17(20)13(3)4/h6-7,10,12-14,17H,8-9,11,20H2,1-5H3. The van der Waals surface area contributed by atoms with Gasteiger partial charge in [0, 0.05) is 24.2 Å². The van der Waals surface area contributed by atoms with Crippen molar-refractivity contribution in [3.05, 3.63) is 29.3 Å². The highest BCUT2D eigenvalue weighted by atomic mass is 16.2. The molecule has 0 aromatic heterocycles. The third kappa shape index (κ3) is 3.70. The van der Waals surface area contributed by atoms with E-state index in [9.17, 15) is 4.79 Å². The van der Waals surface area contributed by atoms with Crippen LogP contribution in [0.2, 0.25) is 0 Å². The third-order valence-corrected chi connectivity index (χ3v) is 4.54. The summed E-state index contributed by atoms with van der Waals surface area (Å²) in [7, 11) is 0. The largest absolute Gasteiger partial charge is 0.327 e. The Kier molecular flexibility index (Phi) is 5.28. The van der Waals surface area contributed by atoms with E-state index >= 15 is 0 Å². The molecule has 0 saturated heterocycles. The fraction of sp³-hybridized carbons (Fsp3) is 0.632. The number of carbonyl (C=O) groups excluding carboxylic acids is 1. The highest BCUT2D eigenvalue weighted by Gasteiger charge is 2.31. The third-order valence-electron chi connectivity index (χ3n) is 4.54. The van der Waals surface area contributed by atoms with Crippen LogP contribution >= 0.6 is 0 Å². The van der Waals surface area contributed by atoms with Crippen LogP contribution in [0, 0.1) is 11.8 Å². The molecule has 2 rings (SSSR count). The number of rotatable bonds is 5. The Morgan fingerprint density at radius 1 is 1.32 bits per heavy atom. The normalized spacial score (nSPS) is 18.9. The Bertz CT molecular complexity index is 536. The van der Waals surface area contributed by atoms with Gasteiger partial charge in [0.05, 0.1) is 0 Å². The van der Waals surface area contributed by atoms with Crippen LogP contribution in [0.3, 0.4) is 0 Å². The maximum absolute atomic E-state index is 12.5. The fourth-order valence-corrected chi connectivity index (χ4v) is 3.15. The zero-order valence-electron chi connectivity index (χ0n) is 14.6. The number of nitrogens with zero attached hydrogens (tertiary/aromatic N) is 1. The van der Waals surface area contributed by atoms with Gasteiger partial charge in [-0.25, -0.2) is 0 Å². The van der Waals surface area contributed by atoms with Crippen LogP contribution in [0.5, 0.6) is 0 Å². The summed E-state index contributed by atoms with van der Waals surface area (Å²) in [5.74, 6) is 1.12. The summed E-state index contributed by atoms with van der Waals surface area (Å²) in [4.78, 5) is 14.5. The van der Waals surface area contributed by atoms with E-state index in [4.69, 9.17) is 5.73 Å². The second-order valence-corrected chi connectivity index (χ2v) is 7.49. The lowest BCUT2D eigenvalue weighted by molar-refractivity contribution is -0.119. The first-order valence-corrected chi connectivity index (χ1v) is 8.49. The number of amides is 1. The first kappa shape index (κ1) is 17.0.